The van der Waals surface area contributed by atoms with E-state index in [4.69, 9.17) is 39.8 Å². The Balaban J connectivity index is 2.22. The number of nitrogens with one attached hydrogen (secondary N) is 9. The first-order valence-electron chi connectivity index (χ1n) is 24.5. The molecule has 8 atom stereocenters. The molecule has 0 spiro atoms. The molecule has 0 radical (unpaired) electrons. The van der Waals surface area contributed by atoms with Gasteiger partial charge in [-0.05, 0) is 96.3 Å². The third-order valence-electron chi connectivity index (χ3n) is 11.6. The molecule has 408 valence electrons. The Kier molecular flexibility index (Phi) is 28.9. The molecule has 1 saturated heterocycles. The Hall–Kier alpha value is -6.78. The number of nitrogens with two attached hydrogens (primary N) is 6. The van der Waals surface area contributed by atoms with E-state index in [-0.39, 0.29) is 77.1 Å². The first-order chi connectivity index (χ1) is 34.8. The van der Waals surface area contributed by atoms with Gasteiger partial charge in [0.05, 0.1) is 18.7 Å². The van der Waals surface area contributed by atoms with Gasteiger partial charge in [0, 0.05) is 26.1 Å². The number of hydrogen-bond acceptors (Lipinski definition) is 16. The number of amides is 8. The quantitative estimate of drug-likeness (QED) is 0.0132. The predicted octanol–water partition coefficient (Wildman–Crippen LogP) is -5.62. The van der Waals surface area contributed by atoms with E-state index >= 15 is 0 Å². The number of rotatable bonds is 34. The number of carbonyl (C=O) groups is 9. The van der Waals surface area contributed by atoms with E-state index in [2.05, 4.69) is 42.5 Å². The van der Waals surface area contributed by atoms with E-state index in [9.17, 15) is 53.4 Å². The molecule has 1 aromatic rings. The second kappa shape index (κ2) is 33.8. The van der Waals surface area contributed by atoms with Crippen molar-refractivity contribution in [3.8, 4) is 0 Å². The largest absolute Gasteiger partial charge is 0.477 e. The summed E-state index contributed by atoms with van der Waals surface area (Å²) in [7, 11) is 0. The monoisotopic (exact) mass is 1030 g/mol. The summed E-state index contributed by atoms with van der Waals surface area (Å²) in [5.74, 6) is -8.00. The molecule has 2 rings (SSSR count). The van der Waals surface area contributed by atoms with Gasteiger partial charge in [-0.25, -0.2) is 4.79 Å². The van der Waals surface area contributed by atoms with Crippen molar-refractivity contribution >= 4 is 59.2 Å². The van der Waals surface area contributed by atoms with Gasteiger partial charge < -0.3 is 92.0 Å². The first kappa shape index (κ1) is 62.3. The van der Waals surface area contributed by atoms with Crippen LogP contribution in [0.3, 0.4) is 0 Å². The van der Waals surface area contributed by atoms with Crippen LogP contribution in [0.15, 0.2) is 42.1 Å². The van der Waals surface area contributed by atoms with Gasteiger partial charge in [-0.1, -0.05) is 42.8 Å². The number of unbranched alkanes of at least 4 members (excludes halogenated alkanes) is 2. The molecule has 8 amide bonds. The normalized spacial score (nSPS) is 16.2. The van der Waals surface area contributed by atoms with Gasteiger partial charge in [-0.3, -0.25) is 43.8 Å². The van der Waals surface area contributed by atoms with Crippen LogP contribution < -0.4 is 76.9 Å². The maximum absolute atomic E-state index is 14.2. The van der Waals surface area contributed by atoms with Crippen molar-refractivity contribution in [1.29, 1.82) is 5.41 Å². The summed E-state index contributed by atoms with van der Waals surface area (Å²) in [6.07, 6.45) is 3.02. The van der Waals surface area contributed by atoms with E-state index in [1.54, 1.807) is 30.3 Å². The van der Waals surface area contributed by atoms with Gasteiger partial charge in [0.2, 0.25) is 47.3 Å². The minimum atomic E-state index is -1.56. The first-order valence-corrected chi connectivity index (χ1v) is 24.5. The lowest BCUT2D eigenvalue weighted by Gasteiger charge is -2.30. The Morgan fingerprint density at radius 2 is 1.40 bits per heavy atom. The lowest BCUT2D eigenvalue weighted by Crippen LogP contribution is -2.60. The van der Waals surface area contributed by atoms with Crippen molar-refractivity contribution < 1.29 is 53.4 Å². The number of aliphatic hydroxyl groups is 1. The number of guanidine groups is 1. The standard InChI is InChI=1S/C46H78N16O11/c1-27(56-43(70)37(35(63)25-50)61-39(66)29(51)14-5-7-19-47)38(65)55-26-36(64)57-31(16-9-21-49)44(71)62-23-11-18-34(62)42(69)60-33(24-28-12-3-2-4-13-28)41(68)58-30(15-6-8-20-48)40(67)59-32(45(72)73)17-10-22-54-46(52)53/h2-4,12-13,17,27,29-31,33-35,37,63H,5-11,14-16,18-26,47-51H2,1H3,(H,55,65)(H,56,70)(H,57,64)(H,58,68)(H,59,67)(H,60,69)(H,61,66)(H,72,73)(H4,52,53,54)/b32-17-/t27-,29-,30-,31+,33-,34-,35-,37-/m0/s1. The number of benzene rings is 1. The number of likely N-dealkylation sites (tertiary alicyclic amines) is 1. The van der Waals surface area contributed by atoms with Crippen LogP contribution in [0, 0.1) is 5.41 Å². The van der Waals surface area contributed by atoms with Crippen molar-refractivity contribution in [2.24, 2.45) is 34.4 Å². The van der Waals surface area contributed by atoms with E-state index in [1.807, 2.05) is 0 Å². The Bertz CT molecular complexity index is 2030. The van der Waals surface area contributed by atoms with Gasteiger partial charge in [-0.15, -0.1) is 0 Å². The number of nitrogens with zero attached hydrogens (tertiary/aromatic N) is 1. The van der Waals surface area contributed by atoms with Crippen molar-refractivity contribution in [1.82, 2.24) is 47.4 Å². The number of carbonyl (C=O) groups excluding carboxylic acids is 8. The molecule has 1 fully saturated rings. The zero-order valence-electron chi connectivity index (χ0n) is 41.5. The molecule has 1 aliphatic heterocycles. The van der Waals surface area contributed by atoms with Gasteiger partial charge in [-0.2, -0.15) is 0 Å². The van der Waals surface area contributed by atoms with Crippen LogP contribution in [0.1, 0.15) is 83.1 Å². The van der Waals surface area contributed by atoms with Crippen molar-refractivity contribution in [2.75, 3.05) is 45.8 Å². The summed E-state index contributed by atoms with van der Waals surface area (Å²) in [6, 6.07) is -0.0105. The minimum absolute atomic E-state index is 0.0414. The zero-order chi connectivity index (χ0) is 54.5. The van der Waals surface area contributed by atoms with Crippen molar-refractivity contribution in [3.63, 3.8) is 0 Å². The van der Waals surface area contributed by atoms with Crippen LogP contribution in [-0.2, 0) is 49.6 Å². The molecule has 0 saturated carbocycles. The molecule has 1 aromatic carbocycles. The van der Waals surface area contributed by atoms with E-state index in [1.165, 1.54) is 17.9 Å². The highest BCUT2D eigenvalue weighted by Crippen LogP contribution is 2.20. The summed E-state index contributed by atoms with van der Waals surface area (Å²) in [6.45, 7) is 1.29. The lowest BCUT2D eigenvalue weighted by molar-refractivity contribution is -0.142. The van der Waals surface area contributed by atoms with Gasteiger partial charge in [0.15, 0.2) is 5.96 Å². The van der Waals surface area contributed by atoms with Crippen LogP contribution in [-0.4, -0.2) is 169 Å². The SMILES string of the molecule is C[C@H](NC(=O)[C@@H](NC(=O)[C@@H](N)CCCCN)[C@@H](O)CN)C(=O)NCC(=O)N[C@H](CCCN)C(=O)N1CCC[C@H]1C(=O)N[C@@H](Cc1ccccc1)C(=O)N[C@@H](CCCCN)C(=O)N/C(=C\CCNC(=N)N)C(=O)O. The van der Waals surface area contributed by atoms with Crippen LogP contribution >= 0.6 is 0 Å². The molecule has 0 unspecified atom stereocenters. The molecular formula is C46H78N16O11. The van der Waals surface area contributed by atoms with Gasteiger partial charge in [0.1, 0.15) is 41.9 Å². The minimum Gasteiger partial charge on any atom is -0.477 e. The highest BCUT2D eigenvalue weighted by Gasteiger charge is 2.39. The topological polar surface area (TPSA) is 474 Å². The molecule has 73 heavy (non-hydrogen) atoms. The van der Waals surface area contributed by atoms with Crippen LogP contribution in [0.2, 0.25) is 0 Å². The van der Waals surface area contributed by atoms with E-state index in [0.717, 1.165) is 0 Å². The highest BCUT2D eigenvalue weighted by molar-refractivity contribution is 5.99. The molecule has 0 aliphatic carbocycles. The molecule has 0 bridgehead atoms. The third-order valence-corrected chi connectivity index (χ3v) is 11.6. The average Bonchev–Trinajstić information content (AvgIpc) is 3.86. The summed E-state index contributed by atoms with van der Waals surface area (Å²) in [5, 5.41) is 47.5. The second-order valence-corrected chi connectivity index (χ2v) is 17.5. The smallest absolute Gasteiger partial charge is 0.352 e. The zero-order valence-corrected chi connectivity index (χ0v) is 41.5. The number of carboxylic acids is 1. The highest BCUT2D eigenvalue weighted by atomic mass is 16.4. The molecule has 1 heterocycles. The van der Waals surface area contributed by atoms with Crippen LogP contribution in [0.5, 0.6) is 0 Å². The van der Waals surface area contributed by atoms with Crippen molar-refractivity contribution in [3.05, 3.63) is 47.7 Å². The van der Waals surface area contributed by atoms with E-state index < -0.39 is 120 Å². The molecule has 1 aliphatic rings. The predicted molar refractivity (Wildman–Crippen MR) is 269 cm³/mol. The maximum Gasteiger partial charge on any atom is 0.352 e. The van der Waals surface area contributed by atoms with Crippen LogP contribution in [0.4, 0.5) is 0 Å². The van der Waals surface area contributed by atoms with Crippen LogP contribution in [0.25, 0.3) is 0 Å². The average molecular weight is 1030 g/mol. The Labute approximate surface area is 424 Å². The Morgan fingerprint density at radius 3 is 2.01 bits per heavy atom. The lowest BCUT2D eigenvalue weighted by atomic mass is 10.0. The Morgan fingerprint density at radius 1 is 0.753 bits per heavy atom. The fraction of sp³-hybridized carbons (Fsp3) is 0.609. The summed E-state index contributed by atoms with van der Waals surface area (Å²) >= 11 is 0. The molecule has 23 N–H and O–H groups in total. The molecule has 27 nitrogen and oxygen atoms in total. The van der Waals surface area contributed by atoms with Gasteiger partial charge in [0.25, 0.3) is 0 Å². The number of hydrogen-bond donors (Lipinski definition) is 17. The van der Waals surface area contributed by atoms with Gasteiger partial charge >= 0.3 is 5.97 Å². The van der Waals surface area contributed by atoms with E-state index in [0.29, 0.717) is 44.2 Å². The summed E-state index contributed by atoms with van der Waals surface area (Å²) in [4.78, 5) is 122. The maximum atomic E-state index is 14.2. The summed E-state index contributed by atoms with van der Waals surface area (Å²) < 4.78 is 0. The summed E-state index contributed by atoms with van der Waals surface area (Å²) in [5.41, 5.74) is 33.9. The fourth-order valence-corrected chi connectivity index (χ4v) is 7.59. The fourth-order valence-electron chi connectivity index (χ4n) is 7.59. The second-order valence-electron chi connectivity index (χ2n) is 17.5. The number of carboxylic acid groups (broad SMARTS) is 1. The third kappa shape index (κ3) is 22.7. The molecule has 0 aromatic heterocycles. The molecule has 27 heteroatoms. The number of aliphatic hydroxyl groups excluding tert-OH is 1. The number of aliphatic carboxylic acids is 1. The van der Waals surface area contributed by atoms with Crippen molar-refractivity contribution in [2.45, 2.75) is 132 Å². The molecular weight excluding hydrogens is 953 g/mol.